The first-order chi connectivity index (χ1) is 9.79. The summed E-state index contributed by atoms with van der Waals surface area (Å²) in [5.74, 6) is 1.75. The number of pyridine rings is 1. The summed E-state index contributed by atoms with van der Waals surface area (Å²) in [6.07, 6.45) is -4.64. The molecule has 1 aromatic carbocycles. The standard InChI is InChI=1S/C12H8F5N3O/c13-8-2-1-7(5-9(8)14)21-11-4-6(12(15,16)17)3-10(19-11)20-18/h1-5H,18H2,(H,19,20). The molecule has 2 aromatic rings. The van der Waals surface area contributed by atoms with E-state index in [1.807, 2.05) is 5.43 Å². The second-order valence-electron chi connectivity index (χ2n) is 3.90. The molecule has 112 valence electrons. The molecule has 1 heterocycles. The second kappa shape index (κ2) is 5.52. The summed E-state index contributed by atoms with van der Waals surface area (Å²) >= 11 is 0. The maximum Gasteiger partial charge on any atom is 0.416 e. The van der Waals surface area contributed by atoms with Crippen molar-refractivity contribution in [1.29, 1.82) is 0 Å². The summed E-state index contributed by atoms with van der Waals surface area (Å²) in [4.78, 5) is 3.64. The molecule has 21 heavy (non-hydrogen) atoms. The highest BCUT2D eigenvalue weighted by Gasteiger charge is 2.32. The van der Waals surface area contributed by atoms with E-state index in [9.17, 15) is 22.0 Å². The van der Waals surface area contributed by atoms with Crippen LogP contribution in [0.4, 0.5) is 27.8 Å². The molecule has 0 fully saturated rings. The van der Waals surface area contributed by atoms with Gasteiger partial charge in [-0.05, 0) is 18.2 Å². The Balaban J connectivity index is 2.36. The van der Waals surface area contributed by atoms with Crippen LogP contribution in [-0.4, -0.2) is 4.98 Å². The Morgan fingerprint density at radius 1 is 1.05 bits per heavy atom. The molecule has 0 aliphatic heterocycles. The number of nitrogens with one attached hydrogen (secondary N) is 1. The largest absolute Gasteiger partial charge is 0.439 e. The minimum Gasteiger partial charge on any atom is -0.439 e. The molecule has 2 rings (SSSR count). The van der Waals surface area contributed by atoms with Crippen molar-refractivity contribution in [2.75, 3.05) is 5.43 Å². The van der Waals surface area contributed by atoms with Gasteiger partial charge in [-0.2, -0.15) is 18.2 Å². The zero-order valence-electron chi connectivity index (χ0n) is 10.2. The van der Waals surface area contributed by atoms with Gasteiger partial charge in [0.1, 0.15) is 11.6 Å². The van der Waals surface area contributed by atoms with Crippen LogP contribution in [-0.2, 0) is 6.18 Å². The Kier molecular flexibility index (Phi) is 3.94. The highest BCUT2D eigenvalue weighted by atomic mass is 19.4. The number of nitrogens with zero attached hydrogens (tertiary/aromatic N) is 1. The van der Waals surface area contributed by atoms with Gasteiger partial charge in [-0.25, -0.2) is 14.6 Å². The van der Waals surface area contributed by atoms with Crippen LogP contribution in [0, 0.1) is 11.6 Å². The molecule has 0 spiro atoms. The summed E-state index contributed by atoms with van der Waals surface area (Å²) < 4.78 is 68.8. The number of hydrogen-bond donors (Lipinski definition) is 2. The van der Waals surface area contributed by atoms with Crippen molar-refractivity contribution in [3.05, 3.63) is 47.5 Å². The van der Waals surface area contributed by atoms with Gasteiger partial charge in [-0.15, -0.1) is 0 Å². The van der Waals surface area contributed by atoms with Crippen LogP contribution in [0.25, 0.3) is 0 Å². The van der Waals surface area contributed by atoms with Crippen molar-refractivity contribution in [2.24, 2.45) is 5.84 Å². The molecule has 0 amide bonds. The maximum atomic E-state index is 13.0. The Morgan fingerprint density at radius 3 is 2.33 bits per heavy atom. The average molecular weight is 305 g/mol. The van der Waals surface area contributed by atoms with Gasteiger partial charge in [-0.1, -0.05) is 0 Å². The van der Waals surface area contributed by atoms with Crippen LogP contribution in [0.1, 0.15) is 5.56 Å². The van der Waals surface area contributed by atoms with E-state index in [4.69, 9.17) is 10.6 Å². The van der Waals surface area contributed by atoms with E-state index in [0.717, 1.165) is 12.1 Å². The average Bonchev–Trinajstić information content (AvgIpc) is 2.41. The molecule has 0 atom stereocenters. The lowest BCUT2D eigenvalue weighted by Crippen LogP contribution is -2.12. The van der Waals surface area contributed by atoms with E-state index in [-0.39, 0.29) is 11.6 Å². The molecule has 0 unspecified atom stereocenters. The van der Waals surface area contributed by atoms with E-state index in [1.54, 1.807) is 0 Å². The van der Waals surface area contributed by atoms with E-state index in [1.165, 1.54) is 0 Å². The monoisotopic (exact) mass is 305 g/mol. The molecule has 9 heteroatoms. The normalized spacial score (nSPS) is 11.3. The number of nitrogen functional groups attached to an aromatic ring is 1. The Morgan fingerprint density at radius 2 is 1.76 bits per heavy atom. The van der Waals surface area contributed by atoms with Crippen molar-refractivity contribution in [3.63, 3.8) is 0 Å². The number of anilines is 1. The van der Waals surface area contributed by atoms with Gasteiger partial charge < -0.3 is 10.2 Å². The number of benzene rings is 1. The first-order valence-corrected chi connectivity index (χ1v) is 5.48. The van der Waals surface area contributed by atoms with Crippen molar-refractivity contribution in [3.8, 4) is 11.6 Å². The molecule has 0 bridgehead atoms. The third-order valence-electron chi connectivity index (χ3n) is 2.39. The van der Waals surface area contributed by atoms with Gasteiger partial charge in [0.25, 0.3) is 0 Å². The molecule has 4 nitrogen and oxygen atoms in total. The number of hydrogen-bond acceptors (Lipinski definition) is 4. The van der Waals surface area contributed by atoms with Crippen LogP contribution in [0.5, 0.6) is 11.6 Å². The highest BCUT2D eigenvalue weighted by Crippen LogP contribution is 2.33. The van der Waals surface area contributed by atoms with Crippen molar-refractivity contribution >= 4 is 5.82 Å². The first kappa shape index (κ1) is 15.0. The van der Waals surface area contributed by atoms with Crippen molar-refractivity contribution in [1.82, 2.24) is 4.98 Å². The van der Waals surface area contributed by atoms with Crippen molar-refractivity contribution < 1.29 is 26.7 Å². The quantitative estimate of drug-likeness (QED) is 0.518. The summed E-state index contributed by atoms with van der Waals surface area (Å²) in [7, 11) is 0. The zero-order chi connectivity index (χ0) is 15.6. The Bertz CT molecular complexity index is 660. The Hall–Kier alpha value is -2.42. The van der Waals surface area contributed by atoms with Crippen LogP contribution >= 0.6 is 0 Å². The lowest BCUT2D eigenvalue weighted by molar-refractivity contribution is -0.137. The molecule has 1 aromatic heterocycles. The predicted molar refractivity (Wildman–Crippen MR) is 63.5 cm³/mol. The minimum absolute atomic E-state index is 0.205. The maximum absolute atomic E-state index is 13.0. The number of hydrazine groups is 1. The number of halogens is 5. The smallest absolute Gasteiger partial charge is 0.416 e. The predicted octanol–water partition coefficient (Wildman–Crippen LogP) is 3.46. The fourth-order valence-electron chi connectivity index (χ4n) is 1.46. The van der Waals surface area contributed by atoms with Crippen LogP contribution in [0.15, 0.2) is 30.3 Å². The van der Waals surface area contributed by atoms with Crippen LogP contribution < -0.4 is 16.0 Å². The van der Waals surface area contributed by atoms with Gasteiger partial charge in [0.2, 0.25) is 5.88 Å². The zero-order valence-corrected chi connectivity index (χ0v) is 10.2. The minimum atomic E-state index is -4.64. The van der Waals surface area contributed by atoms with E-state index in [2.05, 4.69) is 4.98 Å². The number of ether oxygens (including phenoxy) is 1. The van der Waals surface area contributed by atoms with Crippen LogP contribution in [0.2, 0.25) is 0 Å². The summed E-state index contributed by atoms with van der Waals surface area (Å²) in [6.45, 7) is 0. The fourth-order valence-corrected chi connectivity index (χ4v) is 1.46. The third-order valence-corrected chi connectivity index (χ3v) is 2.39. The van der Waals surface area contributed by atoms with E-state index >= 15 is 0 Å². The molecule has 0 saturated carbocycles. The third kappa shape index (κ3) is 3.57. The number of aromatic nitrogens is 1. The van der Waals surface area contributed by atoms with Crippen LogP contribution in [0.3, 0.4) is 0 Å². The lowest BCUT2D eigenvalue weighted by Gasteiger charge is -2.11. The SMILES string of the molecule is NNc1cc(C(F)(F)F)cc(Oc2ccc(F)c(F)c2)n1. The van der Waals surface area contributed by atoms with Gasteiger partial charge in [0, 0.05) is 12.1 Å². The number of nitrogens with two attached hydrogens (primary N) is 1. The number of rotatable bonds is 3. The summed E-state index contributed by atoms with van der Waals surface area (Å²) in [5.41, 5.74) is 0.908. The molecule has 3 N–H and O–H groups in total. The van der Waals surface area contributed by atoms with Gasteiger partial charge >= 0.3 is 6.18 Å². The first-order valence-electron chi connectivity index (χ1n) is 5.48. The fraction of sp³-hybridized carbons (Fsp3) is 0.0833. The second-order valence-corrected chi connectivity index (χ2v) is 3.90. The van der Waals surface area contributed by atoms with Gasteiger partial charge in [0.15, 0.2) is 11.6 Å². The van der Waals surface area contributed by atoms with Crippen molar-refractivity contribution in [2.45, 2.75) is 6.18 Å². The summed E-state index contributed by atoms with van der Waals surface area (Å²) in [5, 5.41) is 0. The van der Waals surface area contributed by atoms with Gasteiger partial charge in [-0.3, -0.25) is 0 Å². The topological polar surface area (TPSA) is 60.2 Å². The molecule has 0 aliphatic carbocycles. The molecule has 0 aliphatic rings. The molecule has 0 saturated heterocycles. The van der Waals surface area contributed by atoms with Gasteiger partial charge in [0.05, 0.1) is 5.56 Å². The Labute approximate surface area is 115 Å². The summed E-state index contributed by atoms with van der Waals surface area (Å²) in [6, 6.07) is 3.81. The number of alkyl halides is 3. The molecular formula is C12H8F5N3O. The highest BCUT2D eigenvalue weighted by molar-refractivity contribution is 5.42. The lowest BCUT2D eigenvalue weighted by atomic mass is 10.2. The van der Waals surface area contributed by atoms with E-state index in [0.29, 0.717) is 18.2 Å². The molecular weight excluding hydrogens is 297 g/mol. The van der Waals surface area contributed by atoms with E-state index < -0.39 is 29.3 Å². The molecule has 0 radical (unpaired) electrons.